The summed E-state index contributed by atoms with van der Waals surface area (Å²) in [5, 5.41) is 3.63. The van der Waals surface area contributed by atoms with E-state index in [2.05, 4.69) is 12.2 Å². The third-order valence-corrected chi connectivity index (χ3v) is 4.36. The summed E-state index contributed by atoms with van der Waals surface area (Å²) in [6.45, 7) is 3.07. The van der Waals surface area contributed by atoms with Crippen molar-refractivity contribution in [3.05, 3.63) is 17.7 Å². The maximum Gasteiger partial charge on any atom is 0.131 e. The minimum Gasteiger partial charge on any atom is -0.496 e. The van der Waals surface area contributed by atoms with Crippen LogP contribution in [0.1, 0.15) is 44.2 Å². The van der Waals surface area contributed by atoms with E-state index in [-0.39, 0.29) is 6.04 Å². The van der Waals surface area contributed by atoms with E-state index in [1.165, 1.54) is 25.7 Å². The Labute approximate surface area is 127 Å². The van der Waals surface area contributed by atoms with E-state index in [4.69, 9.17) is 14.2 Å². The number of nitrogens with one attached hydrogen (secondary N) is 1. The first kappa shape index (κ1) is 16.0. The van der Waals surface area contributed by atoms with Gasteiger partial charge in [0.2, 0.25) is 0 Å². The van der Waals surface area contributed by atoms with Gasteiger partial charge in [-0.2, -0.15) is 0 Å². The van der Waals surface area contributed by atoms with Crippen LogP contribution < -0.4 is 19.5 Å². The van der Waals surface area contributed by atoms with E-state index >= 15 is 0 Å². The average molecular weight is 293 g/mol. The third-order valence-electron chi connectivity index (χ3n) is 4.36. The quantitative estimate of drug-likeness (QED) is 0.834. The molecule has 4 nitrogen and oxygen atoms in total. The van der Waals surface area contributed by atoms with Gasteiger partial charge in [0.15, 0.2) is 0 Å². The Balaban J connectivity index is 2.46. The summed E-state index contributed by atoms with van der Waals surface area (Å²) in [4.78, 5) is 0. The van der Waals surface area contributed by atoms with Crippen molar-refractivity contribution in [3.63, 3.8) is 0 Å². The molecule has 1 N–H and O–H groups in total. The van der Waals surface area contributed by atoms with E-state index in [0.717, 1.165) is 29.4 Å². The Morgan fingerprint density at radius 2 is 1.62 bits per heavy atom. The monoisotopic (exact) mass is 293 g/mol. The topological polar surface area (TPSA) is 39.7 Å². The molecule has 4 heteroatoms. The van der Waals surface area contributed by atoms with E-state index < -0.39 is 0 Å². The average Bonchev–Trinajstić information content (AvgIpc) is 3.05. The molecule has 1 fully saturated rings. The van der Waals surface area contributed by atoms with Crippen molar-refractivity contribution in [1.29, 1.82) is 0 Å². The first-order valence-electron chi connectivity index (χ1n) is 7.78. The van der Waals surface area contributed by atoms with Crippen LogP contribution in [0.4, 0.5) is 0 Å². The van der Waals surface area contributed by atoms with Gasteiger partial charge in [0.1, 0.15) is 17.2 Å². The van der Waals surface area contributed by atoms with Crippen molar-refractivity contribution in [1.82, 2.24) is 5.32 Å². The molecule has 0 saturated heterocycles. The minimum absolute atomic E-state index is 0.272. The van der Waals surface area contributed by atoms with Crippen molar-refractivity contribution in [2.24, 2.45) is 5.92 Å². The summed E-state index contributed by atoms with van der Waals surface area (Å²) in [5.74, 6) is 3.07. The molecule has 1 aromatic rings. The molecule has 1 saturated carbocycles. The maximum absolute atomic E-state index is 5.62. The van der Waals surface area contributed by atoms with Crippen molar-refractivity contribution in [3.8, 4) is 17.2 Å². The molecule has 0 radical (unpaired) electrons. The number of methoxy groups -OCH3 is 3. The second kappa shape index (κ2) is 7.55. The van der Waals surface area contributed by atoms with E-state index in [1.807, 2.05) is 12.1 Å². The van der Waals surface area contributed by atoms with E-state index in [9.17, 15) is 0 Å². The first-order valence-corrected chi connectivity index (χ1v) is 7.78. The van der Waals surface area contributed by atoms with Gasteiger partial charge in [-0.15, -0.1) is 0 Å². The van der Waals surface area contributed by atoms with Gasteiger partial charge in [0.25, 0.3) is 0 Å². The van der Waals surface area contributed by atoms with Gasteiger partial charge < -0.3 is 19.5 Å². The lowest BCUT2D eigenvalue weighted by atomic mass is 9.90. The molecule has 118 valence electrons. The molecule has 0 amide bonds. The molecule has 1 aliphatic carbocycles. The zero-order chi connectivity index (χ0) is 15.2. The highest BCUT2D eigenvalue weighted by molar-refractivity contribution is 5.52. The zero-order valence-corrected chi connectivity index (χ0v) is 13.6. The van der Waals surface area contributed by atoms with Crippen LogP contribution in [0, 0.1) is 5.92 Å². The molecule has 1 aliphatic rings. The molecule has 0 aromatic heterocycles. The number of rotatable bonds is 7. The van der Waals surface area contributed by atoms with Crippen LogP contribution in [0.25, 0.3) is 0 Å². The largest absolute Gasteiger partial charge is 0.496 e. The number of hydrogen-bond acceptors (Lipinski definition) is 4. The van der Waals surface area contributed by atoms with Crippen LogP contribution in [0.2, 0.25) is 0 Å². The van der Waals surface area contributed by atoms with Crippen molar-refractivity contribution >= 4 is 0 Å². The van der Waals surface area contributed by atoms with Crippen LogP contribution in [0.3, 0.4) is 0 Å². The molecule has 2 rings (SSSR count). The smallest absolute Gasteiger partial charge is 0.131 e. The lowest BCUT2D eigenvalue weighted by Crippen LogP contribution is -2.28. The Morgan fingerprint density at radius 1 is 1.05 bits per heavy atom. The van der Waals surface area contributed by atoms with Gasteiger partial charge >= 0.3 is 0 Å². The maximum atomic E-state index is 5.62. The Hall–Kier alpha value is -1.42. The highest BCUT2D eigenvalue weighted by Crippen LogP contribution is 2.44. The molecular formula is C17H27NO3. The predicted molar refractivity (Wildman–Crippen MR) is 84.5 cm³/mol. The fourth-order valence-corrected chi connectivity index (χ4v) is 3.35. The minimum atomic E-state index is 0.272. The van der Waals surface area contributed by atoms with Crippen LogP contribution in [0.15, 0.2) is 12.1 Å². The summed E-state index contributed by atoms with van der Waals surface area (Å²) in [6, 6.07) is 4.15. The summed E-state index contributed by atoms with van der Waals surface area (Å²) >= 11 is 0. The molecule has 0 aliphatic heterocycles. The van der Waals surface area contributed by atoms with Gasteiger partial charge in [-0.1, -0.05) is 19.8 Å². The number of benzene rings is 1. The molecule has 1 atom stereocenters. The summed E-state index contributed by atoms with van der Waals surface area (Å²) in [7, 11) is 5.07. The van der Waals surface area contributed by atoms with Gasteiger partial charge in [0, 0.05) is 18.2 Å². The SMILES string of the molecule is CCNC(c1c(OC)cc(OC)cc1OC)C1CCCC1. The summed E-state index contributed by atoms with van der Waals surface area (Å²) in [6.07, 6.45) is 5.15. The Morgan fingerprint density at radius 3 is 2.05 bits per heavy atom. The lowest BCUT2D eigenvalue weighted by molar-refractivity contribution is 0.323. The van der Waals surface area contributed by atoms with Crippen LogP contribution in [-0.2, 0) is 0 Å². The molecule has 0 spiro atoms. The lowest BCUT2D eigenvalue weighted by Gasteiger charge is -2.28. The molecule has 0 heterocycles. The Bertz CT molecular complexity index is 430. The fraction of sp³-hybridized carbons (Fsp3) is 0.647. The normalized spacial score (nSPS) is 16.8. The summed E-state index contributed by atoms with van der Waals surface area (Å²) in [5.41, 5.74) is 1.12. The molecule has 1 unspecified atom stereocenters. The van der Waals surface area contributed by atoms with Gasteiger partial charge in [0.05, 0.1) is 26.9 Å². The molecule has 0 bridgehead atoms. The third kappa shape index (κ3) is 3.43. The van der Waals surface area contributed by atoms with E-state index in [1.54, 1.807) is 21.3 Å². The van der Waals surface area contributed by atoms with Crippen LogP contribution in [-0.4, -0.2) is 27.9 Å². The first-order chi connectivity index (χ1) is 10.2. The highest BCUT2D eigenvalue weighted by atomic mass is 16.5. The fourth-order valence-electron chi connectivity index (χ4n) is 3.35. The Kier molecular flexibility index (Phi) is 5.74. The molecular weight excluding hydrogens is 266 g/mol. The molecule has 21 heavy (non-hydrogen) atoms. The zero-order valence-electron chi connectivity index (χ0n) is 13.6. The van der Waals surface area contributed by atoms with Crippen molar-refractivity contribution < 1.29 is 14.2 Å². The number of hydrogen-bond donors (Lipinski definition) is 1. The summed E-state index contributed by atoms with van der Waals surface area (Å²) < 4.78 is 16.6. The van der Waals surface area contributed by atoms with Gasteiger partial charge in [-0.3, -0.25) is 0 Å². The molecule has 1 aromatic carbocycles. The second-order valence-corrected chi connectivity index (χ2v) is 5.53. The van der Waals surface area contributed by atoms with Crippen molar-refractivity contribution in [2.45, 2.75) is 38.6 Å². The van der Waals surface area contributed by atoms with Crippen LogP contribution >= 0.6 is 0 Å². The second-order valence-electron chi connectivity index (χ2n) is 5.53. The number of ether oxygens (including phenoxy) is 3. The van der Waals surface area contributed by atoms with Crippen molar-refractivity contribution in [2.75, 3.05) is 27.9 Å². The predicted octanol–water partition coefficient (Wildman–Crippen LogP) is 3.55. The van der Waals surface area contributed by atoms with Gasteiger partial charge in [-0.25, -0.2) is 0 Å². The van der Waals surface area contributed by atoms with Crippen LogP contribution in [0.5, 0.6) is 17.2 Å². The standard InChI is InChI=1S/C17H27NO3/c1-5-18-17(12-8-6-7-9-12)16-14(20-3)10-13(19-2)11-15(16)21-4/h10-12,17-18H,5-9H2,1-4H3. The highest BCUT2D eigenvalue weighted by Gasteiger charge is 2.30. The van der Waals surface area contributed by atoms with E-state index in [0.29, 0.717) is 5.92 Å². The van der Waals surface area contributed by atoms with Gasteiger partial charge in [-0.05, 0) is 25.3 Å².